The molecule has 0 aliphatic carbocycles. The van der Waals surface area contributed by atoms with Crippen LogP contribution in [0.25, 0.3) is 0 Å². The Morgan fingerprint density at radius 2 is 1.68 bits per heavy atom. The van der Waals surface area contributed by atoms with E-state index in [4.69, 9.17) is 27.9 Å². The Morgan fingerprint density at radius 3 is 2.29 bits per heavy atom. The van der Waals surface area contributed by atoms with Crippen LogP contribution in [0.3, 0.4) is 0 Å². The lowest BCUT2D eigenvalue weighted by Crippen LogP contribution is -2.16. The zero-order valence-electron chi connectivity index (χ0n) is 16.1. The van der Waals surface area contributed by atoms with E-state index in [1.807, 2.05) is 6.07 Å². The van der Waals surface area contributed by atoms with Crippen molar-refractivity contribution in [1.82, 2.24) is 4.98 Å². The third-order valence-corrected chi connectivity index (χ3v) is 6.27. The van der Waals surface area contributed by atoms with Crippen molar-refractivity contribution in [3.05, 3.63) is 75.4 Å². The Hall–Kier alpha value is -2.49. The average molecular weight is 491 g/mol. The number of hydrogen-bond donors (Lipinski definition) is 1. The Morgan fingerprint density at radius 1 is 1.03 bits per heavy atom. The molecule has 0 aliphatic rings. The molecule has 0 radical (unpaired) electrons. The minimum atomic E-state index is -4.75. The van der Waals surface area contributed by atoms with E-state index in [2.05, 4.69) is 9.71 Å². The molecule has 0 atom stereocenters. The summed E-state index contributed by atoms with van der Waals surface area (Å²) in [6.07, 6.45) is -3.50. The predicted octanol–water partition coefficient (Wildman–Crippen LogP) is 6.62. The summed E-state index contributed by atoms with van der Waals surface area (Å²) in [5.41, 5.74) is 0.218. The van der Waals surface area contributed by atoms with E-state index in [0.717, 1.165) is 17.2 Å². The van der Waals surface area contributed by atoms with Crippen LogP contribution in [-0.2, 0) is 16.2 Å². The molecule has 0 aliphatic heterocycles. The van der Waals surface area contributed by atoms with Gasteiger partial charge in [0, 0.05) is 6.20 Å². The Bertz CT molecular complexity index is 1230. The summed E-state index contributed by atoms with van der Waals surface area (Å²) < 4.78 is 72.8. The number of aromatic nitrogens is 1. The smallest absolute Gasteiger partial charge is 0.416 e. The van der Waals surface area contributed by atoms with Crippen LogP contribution in [0, 0.1) is 13.8 Å². The van der Waals surface area contributed by atoms with Crippen LogP contribution in [0.5, 0.6) is 11.6 Å². The number of benzene rings is 2. The normalized spacial score (nSPS) is 12.0. The lowest BCUT2D eigenvalue weighted by molar-refractivity contribution is -0.137. The highest BCUT2D eigenvalue weighted by Crippen LogP contribution is 2.37. The number of anilines is 1. The molecule has 164 valence electrons. The van der Waals surface area contributed by atoms with E-state index in [1.54, 1.807) is 26.0 Å². The second kappa shape index (κ2) is 8.57. The van der Waals surface area contributed by atoms with Crippen LogP contribution >= 0.6 is 23.2 Å². The first kappa shape index (κ1) is 23.2. The molecule has 1 N–H and O–H groups in total. The number of hydrogen-bond acceptors (Lipinski definition) is 4. The molecule has 31 heavy (non-hydrogen) atoms. The fourth-order valence-electron chi connectivity index (χ4n) is 2.72. The number of ether oxygens (including phenoxy) is 1. The van der Waals surface area contributed by atoms with Crippen LogP contribution in [0.1, 0.15) is 16.7 Å². The number of nitrogens with zero attached hydrogens (tertiary/aromatic N) is 1. The lowest BCUT2D eigenvalue weighted by atomic mass is 10.1. The molecule has 0 saturated heterocycles. The summed E-state index contributed by atoms with van der Waals surface area (Å²) in [5.74, 6) is 0.323. The summed E-state index contributed by atoms with van der Waals surface area (Å²) >= 11 is 11.8. The number of halogens is 5. The van der Waals surface area contributed by atoms with Gasteiger partial charge in [0.05, 0.1) is 15.6 Å². The van der Waals surface area contributed by atoms with E-state index in [1.165, 1.54) is 12.3 Å². The minimum Gasteiger partial charge on any atom is -0.436 e. The van der Waals surface area contributed by atoms with Gasteiger partial charge in [0.25, 0.3) is 10.0 Å². The molecule has 5 nitrogen and oxygen atoms in total. The Labute approximate surface area is 186 Å². The number of rotatable bonds is 5. The molecular formula is C20H15Cl2F3N2O3S. The largest absolute Gasteiger partial charge is 0.436 e. The molecule has 1 aromatic heterocycles. The van der Waals surface area contributed by atoms with Crippen molar-refractivity contribution in [3.63, 3.8) is 0 Å². The van der Waals surface area contributed by atoms with E-state index in [9.17, 15) is 21.6 Å². The highest BCUT2D eigenvalue weighted by Gasteiger charge is 2.33. The van der Waals surface area contributed by atoms with Crippen molar-refractivity contribution in [3.8, 4) is 11.6 Å². The molecule has 3 aromatic rings. The van der Waals surface area contributed by atoms with E-state index in [0.29, 0.717) is 17.9 Å². The zero-order chi connectivity index (χ0) is 23.0. The lowest BCUT2D eigenvalue weighted by Gasteiger charge is -2.16. The summed E-state index contributed by atoms with van der Waals surface area (Å²) in [7, 11) is -4.54. The van der Waals surface area contributed by atoms with Crippen molar-refractivity contribution in [2.24, 2.45) is 0 Å². The maximum atomic E-state index is 13.0. The van der Waals surface area contributed by atoms with Gasteiger partial charge in [-0.1, -0.05) is 41.4 Å². The minimum absolute atomic E-state index is 0.0849. The molecule has 11 heteroatoms. The van der Waals surface area contributed by atoms with Crippen molar-refractivity contribution in [1.29, 1.82) is 0 Å². The Balaban J connectivity index is 2.04. The fraction of sp³-hybridized carbons (Fsp3) is 0.150. The van der Waals surface area contributed by atoms with Crippen LogP contribution in [0.15, 0.2) is 53.6 Å². The van der Waals surface area contributed by atoms with Crippen LogP contribution in [0.4, 0.5) is 18.9 Å². The third-order valence-electron chi connectivity index (χ3n) is 4.22. The number of pyridine rings is 1. The van der Waals surface area contributed by atoms with E-state index in [-0.39, 0.29) is 21.6 Å². The fourth-order valence-corrected chi connectivity index (χ4v) is 4.46. The maximum absolute atomic E-state index is 13.0. The summed E-state index contributed by atoms with van der Waals surface area (Å²) in [6.45, 7) is 3.59. The molecule has 1 heterocycles. The van der Waals surface area contributed by atoms with Crippen LogP contribution in [-0.4, -0.2) is 13.4 Å². The number of para-hydroxylation sites is 1. The second-order valence-electron chi connectivity index (χ2n) is 6.58. The summed E-state index contributed by atoms with van der Waals surface area (Å²) in [4.78, 5) is 3.27. The summed E-state index contributed by atoms with van der Waals surface area (Å²) in [6, 6.07) is 8.66. The maximum Gasteiger partial charge on any atom is 0.416 e. The molecular weight excluding hydrogens is 476 g/mol. The molecule has 0 bridgehead atoms. The molecule has 3 rings (SSSR count). The van der Waals surface area contributed by atoms with Gasteiger partial charge in [-0.05, 0) is 49.2 Å². The SMILES string of the molecule is Cc1cccc(C)c1Oc1ncc(Cl)cc1NS(=O)(=O)c1cc(C(F)(F)F)ccc1Cl. The number of aryl methyl sites for hydroxylation is 2. The topological polar surface area (TPSA) is 68.3 Å². The van der Waals surface area contributed by atoms with Crippen molar-refractivity contribution < 1.29 is 26.3 Å². The van der Waals surface area contributed by atoms with Gasteiger partial charge in [-0.15, -0.1) is 0 Å². The summed E-state index contributed by atoms with van der Waals surface area (Å²) in [5, 5.41) is -0.297. The van der Waals surface area contributed by atoms with Crippen LogP contribution in [0.2, 0.25) is 10.0 Å². The first-order chi connectivity index (χ1) is 14.4. The average Bonchev–Trinajstić information content (AvgIpc) is 2.65. The van der Waals surface area contributed by atoms with Crippen LogP contribution < -0.4 is 9.46 Å². The number of sulfonamides is 1. The van der Waals surface area contributed by atoms with Crippen molar-refractivity contribution in [2.75, 3.05) is 4.72 Å². The molecule has 2 aromatic carbocycles. The van der Waals surface area contributed by atoms with Crippen molar-refractivity contribution in [2.45, 2.75) is 24.9 Å². The molecule has 0 spiro atoms. The van der Waals surface area contributed by atoms with Gasteiger partial charge in [0.15, 0.2) is 0 Å². The van der Waals surface area contributed by atoms with Gasteiger partial charge >= 0.3 is 6.18 Å². The Kier molecular flexibility index (Phi) is 6.40. The van der Waals surface area contributed by atoms with Gasteiger partial charge in [-0.25, -0.2) is 13.4 Å². The zero-order valence-corrected chi connectivity index (χ0v) is 18.4. The van der Waals surface area contributed by atoms with Gasteiger partial charge < -0.3 is 4.74 Å². The third kappa shape index (κ3) is 5.23. The van der Waals surface area contributed by atoms with Gasteiger partial charge in [-0.3, -0.25) is 4.72 Å². The van der Waals surface area contributed by atoms with E-state index < -0.39 is 26.7 Å². The van der Waals surface area contributed by atoms with Crippen molar-refractivity contribution >= 4 is 38.9 Å². The quantitative estimate of drug-likeness (QED) is 0.436. The molecule has 0 saturated carbocycles. The first-order valence-corrected chi connectivity index (χ1v) is 10.9. The number of alkyl halides is 3. The molecule has 0 amide bonds. The van der Waals surface area contributed by atoms with Gasteiger partial charge in [0.2, 0.25) is 5.88 Å². The highest BCUT2D eigenvalue weighted by atomic mass is 35.5. The molecule has 0 unspecified atom stereocenters. The first-order valence-electron chi connectivity index (χ1n) is 8.67. The monoisotopic (exact) mass is 490 g/mol. The van der Waals surface area contributed by atoms with E-state index >= 15 is 0 Å². The predicted molar refractivity (Wildman–Crippen MR) is 112 cm³/mol. The molecule has 0 fully saturated rings. The van der Waals surface area contributed by atoms with Gasteiger partial charge in [0.1, 0.15) is 16.3 Å². The second-order valence-corrected chi connectivity index (χ2v) is 9.07. The number of nitrogens with one attached hydrogen (secondary N) is 1. The van der Waals surface area contributed by atoms with Gasteiger partial charge in [-0.2, -0.15) is 13.2 Å². The highest BCUT2D eigenvalue weighted by molar-refractivity contribution is 7.92. The standard InChI is InChI=1S/C20H15Cl2F3N2O3S/c1-11-4-3-5-12(2)18(11)30-19-16(9-14(21)10-26-19)27-31(28,29)17-8-13(20(23,24)25)6-7-15(17)22/h3-10,27H,1-2H3.